The molecule has 0 radical (unpaired) electrons. The van der Waals surface area contributed by atoms with Gasteiger partial charge in [-0.15, -0.1) is 0 Å². The molecule has 0 saturated heterocycles. The fourth-order valence-electron chi connectivity index (χ4n) is 0.828. The number of phenolic OH excluding ortho intramolecular Hbond substituents is 1. The minimum atomic E-state index is -0.658. The second kappa shape index (κ2) is 4.55. The fourth-order valence-corrected chi connectivity index (χ4v) is 1.35. The van der Waals surface area contributed by atoms with Crippen LogP contribution in [0.1, 0.15) is 6.92 Å². The largest absolute Gasteiger partial charge is 0.504 e. The molecule has 0 amide bonds. The van der Waals surface area contributed by atoms with E-state index >= 15 is 0 Å². The molecule has 0 aliphatic heterocycles. The van der Waals surface area contributed by atoms with E-state index in [-0.39, 0.29) is 27.1 Å². The Labute approximate surface area is 96.9 Å². The third-order valence-electron chi connectivity index (χ3n) is 1.53. The molecule has 0 fully saturated rings. The Morgan fingerprint density at radius 1 is 1.47 bits per heavy atom. The summed E-state index contributed by atoms with van der Waals surface area (Å²) in [5.41, 5.74) is 0.209. The predicted octanol–water partition coefficient (Wildman–Crippen LogP) is 3.18. The van der Waals surface area contributed by atoms with E-state index in [0.29, 0.717) is 0 Å². The van der Waals surface area contributed by atoms with Crippen molar-refractivity contribution in [3.8, 4) is 11.5 Å². The van der Waals surface area contributed by atoms with Gasteiger partial charge in [0.15, 0.2) is 11.5 Å². The summed E-state index contributed by atoms with van der Waals surface area (Å²) in [6.07, 6.45) is 0. The first kappa shape index (κ1) is 11.9. The van der Waals surface area contributed by atoms with Crippen LogP contribution >= 0.6 is 23.2 Å². The van der Waals surface area contributed by atoms with Gasteiger partial charge in [-0.2, -0.15) is 0 Å². The van der Waals surface area contributed by atoms with E-state index in [0.717, 1.165) is 0 Å². The van der Waals surface area contributed by atoms with Gasteiger partial charge in [-0.1, -0.05) is 29.8 Å². The molecule has 80 valence electrons. The van der Waals surface area contributed by atoms with E-state index in [2.05, 4.69) is 6.58 Å². The maximum Gasteiger partial charge on any atom is 0.338 e. The molecule has 0 aromatic heterocycles. The van der Waals surface area contributed by atoms with Gasteiger partial charge in [-0.25, -0.2) is 4.79 Å². The van der Waals surface area contributed by atoms with Crippen molar-refractivity contribution in [2.75, 3.05) is 0 Å². The first-order valence-electron chi connectivity index (χ1n) is 3.97. The van der Waals surface area contributed by atoms with Crippen molar-refractivity contribution in [1.29, 1.82) is 0 Å². The van der Waals surface area contributed by atoms with E-state index < -0.39 is 5.97 Å². The Bertz CT molecular complexity index is 404. The zero-order chi connectivity index (χ0) is 11.6. The smallest absolute Gasteiger partial charge is 0.338 e. The third kappa shape index (κ3) is 2.88. The molecule has 0 aliphatic carbocycles. The van der Waals surface area contributed by atoms with Crippen molar-refractivity contribution in [1.82, 2.24) is 0 Å². The summed E-state index contributed by atoms with van der Waals surface area (Å²) in [6, 6.07) is 2.60. The first-order chi connectivity index (χ1) is 6.91. The lowest BCUT2D eigenvalue weighted by atomic mass is 10.3. The van der Waals surface area contributed by atoms with Gasteiger partial charge in [0.2, 0.25) is 0 Å². The summed E-state index contributed by atoms with van der Waals surface area (Å²) >= 11 is 11.4. The normalized spacial score (nSPS) is 9.80. The lowest BCUT2D eigenvalue weighted by Crippen LogP contribution is -2.08. The van der Waals surface area contributed by atoms with Crippen LogP contribution in [0.5, 0.6) is 11.5 Å². The highest BCUT2D eigenvalue weighted by Crippen LogP contribution is 2.37. The summed E-state index contributed by atoms with van der Waals surface area (Å²) in [4.78, 5) is 11.2. The van der Waals surface area contributed by atoms with Crippen LogP contribution in [-0.2, 0) is 4.79 Å². The summed E-state index contributed by atoms with van der Waals surface area (Å²) < 4.78 is 4.81. The number of hydrogen-bond acceptors (Lipinski definition) is 3. The molecule has 0 unspecified atom stereocenters. The van der Waals surface area contributed by atoms with E-state index in [9.17, 15) is 9.90 Å². The molecule has 1 aromatic rings. The van der Waals surface area contributed by atoms with Crippen LogP contribution in [0, 0.1) is 0 Å². The number of benzene rings is 1. The molecule has 0 atom stereocenters. The summed E-state index contributed by atoms with van der Waals surface area (Å²) in [5.74, 6) is -1.06. The van der Waals surface area contributed by atoms with Crippen molar-refractivity contribution in [2.45, 2.75) is 6.92 Å². The van der Waals surface area contributed by atoms with Crippen LogP contribution in [0.3, 0.4) is 0 Å². The number of carbonyl (C=O) groups excluding carboxylic acids is 1. The standard InChI is InChI=1S/C10H8Cl2O3/c1-5(2)10(14)15-9-7(12)3-6(11)4-8(9)13/h3-4,13H,1H2,2H3. The summed E-state index contributed by atoms with van der Waals surface area (Å²) in [5, 5.41) is 9.75. The average Bonchev–Trinajstić information content (AvgIpc) is 2.10. The Morgan fingerprint density at radius 2 is 2.07 bits per heavy atom. The van der Waals surface area contributed by atoms with Crippen molar-refractivity contribution < 1.29 is 14.6 Å². The van der Waals surface area contributed by atoms with Gasteiger partial charge in [-0.3, -0.25) is 0 Å². The van der Waals surface area contributed by atoms with Crippen LogP contribution in [0.2, 0.25) is 10.0 Å². The Kier molecular flexibility index (Phi) is 3.61. The number of esters is 1. The molecule has 1 aromatic carbocycles. The molecule has 0 saturated carbocycles. The van der Waals surface area contributed by atoms with E-state index in [4.69, 9.17) is 27.9 Å². The molecular formula is C10H8Cl2O3. The van der Waals surface area contributed by atoms with Gasteiger partial charge in [-0.05, 0) is 13.0 Å². The minimum Gasteiger partial charge on any atom is -0.504 e. The zero-order valence-corrected chi connectivity index (χ0v) is 9.39. The summed E-state index contributed by atoms with van der Waals surface area (Å²) in [6.45, 7) is 4.89. The van der Waals surface area contributed by atoms with E-state index in [1.165, 1.54) is 19.1 Å². The Balaban J connectivity index is 3.05. The number of hydrogen-bond donors (Lipinski definition) is 1. The average molecular weight is 247 g/mol. The Hall–Kier alpha value is -1.19. The molecule has 0 heterocycles. The maximum absolute atomic E-state index is 11.2. The highest BCUT2D eigenvalue weighted by molar-refractivity contribution is 6.36. The number of rotatable bonds is 2. The van der Waals surface area contributed by atoms with Gasteiger partial charge in [0.1, 0.15) is 0 Å². The number of carbonyl (C=O) groups is 1. The number of aromatic hydroxyl groups is 1. The van der Waals surface area contributed by atoms with Crippen LogP contribution < -0.4 is 4.74 Å². The second-order valence-corrected chi connectivity index (χ2v) is 3.75. The minimum absolute atomic E-state index is 0.0644. The lowest BCUT2D eigenvalue weighted by Gasteiger charge is -2.08. The van der Waals surface area contributed by atoms with Crippen molar-refractivity contribution >= 4 is 29.2 Å². The van der Waals surface area contributed by atoms with E-state index in [1.807, 2.05) is 0 Å². The second-order valence-electron chi connectivity index (χ2n) is 2.91. The Morgan fingerprint density at radius 3 is 2.53 bits per heavy atom. The van der Waals surface area contributed by atoms with Crippen LogP contribution in [-0.4, -0.2) is 11.1 Å². The molecule has 5 heteroatoms. The van der Waals surface area contributed by atoms with Crippen molar-refractivity contribution in [3.05, 3.63) is 34.3 Å². The molecule has 0 aliphatic rings. The molecule has 0 spiro atoms. The highest BCUT2D eigenvalue weighted by Gasteiger charge is 2.14. The number of phenols is 1. The lowest BCUT2D eigenvalue weighted by molar-refractivity contribution is -0.130. The molecule has 3 nitrogen and oxygen atoms in total. The molecule has 1 rings (SSSR count). The first-order valence-corrected chi connectivity index (χ1v) is 4.73. The van der Waals surface area contributed by atoms with Crippen LogP contribution in [0.15, 0.2) is 24.3 Å². The van der Waals surface area contributed by atoms with Gasteiger partial charge in [0, 0.05) is 16.7 Å². The topological polar surface area (TPSA) is 46.5 Å². The SMILES string of the molecule is C=C(C)C(=O)Oc1c(O)cc(Cl)cc1Cl. The molecule has 1 N–H and O–H groups in total. The zero-order valence-electron chi connectivity index (χ0n) is 7.88. The quantitative estimate of drug-likeness (QED) is 0.496. The fraction of sp³-hybridized carbons (Fsp3) is 0.100. The van der Waals surface area contributed by atoms with Gasteiger partial charge in [0.25, 0.3) is 0 Å². The van der Waals surface area contributed by atoms with Crippen LogP contribution in [0.25, 0.3) is 0 Å². The maximum atomic E-state index is 11.2. The summed E-state index contributed by atoms with van der Waals surface area (Å²) in [7, 11) is 0. The van der Waals surface area contributed by atoms with E-state index in [1.54, 1.807) is 0 Å². The molecule has 15 heavy (non-hydrogen) atoms. The number of ether oxygens (including phenoxy) is 1. The van der Waals surface area contributed by atoms with Gasteiger partial charge >= 0.3 is 5.97 Å². The van der Waals surface area contributed by atoms with Crippen LogP contribution in [0.4, 0.5) is 0 Å². The van der Waals surface area contributed by atoms with Crippen molar-refractivity contribution in [3.63, 3.8) is 0 Å². The van der Waals surface area contributed by atoms with Gasteiger partial charge in [0.05, 0.1) is 5.02 Å². The predicted molar refractivity (Wildman–Crippen MR) is 58.6 cm³/mol. The van der Waals surface area contributed by atoms with Gasteiger partial charge < -0.3 is 9.84 Å². The highest BCUT2D eigenvalue weighted by atomic mass is 35.5. The molecule has 0 bridgehead atoms. The number of halogens is 2. The molecular weight excluding hydrogens is 239 g/mol. The monoisotopic (exact) mass is 246 g/mol. The van der Waals surface area contributed by atoms with Crippen molar-refractivity contribution in [2.24, 2.45) is 0 Å². The third-order valence-corrected chi connectivity index (χ3v) is 2.03.